The molecule has 0 radical (unpaired) electrons. The highest BCUT2D eigenvalue weighted by Gasteiger charge is 2.35. The molecule has 1 rings (SSSR count). The number of carbonyl (C=O) groups is 2. The van der Waals surface area contributed by atoms with E-state index in [0.29, 0.717) is 19.6 Å². The number of carbonyl (C=O) groups excluding carboxylic acids is 1. The summed E-state index contributed by atoms with van der Waals surface area (Å²) in [4.78, 5) is 25.0. The van der Waals surface area contributed by atoms with Gasteiger partial charge in [-0.25, -0.2) is 4.79 Å². The standard InChI is InChI=1S/C16H28N2O3/c1-4-18(11-13(2)3)15(21)17-12-16(10-14(19)20)8-6-5-7-9-16/h2,4-12H2,1,3H3,(H,17,21)(H,19,20). The van der Waals surface area contributed by atoms with Gasteiger partial charge in [-0.2, -0.15) is 0 Å². The summed E-state index contributed by atoms with van der Waals surface area (Å²) in [6.07, 6.45) is 5.16. The SMILES string of the molecule is C=C(C)CN(CC)C(=O)NCC1(CC(=O)O)CCCCC1. The molecule has 0 heterocycles. The smallest absolute Gasteiger partial charge is 0.317 e. The molecule has 1 aliphatic carbocycles. The first-order valence-electron chi connectivity index (χ1n) is 7.77. The third kappa shape index (κ3) is 5.78. The molecule has 0 aromatic carbocycles. The predicted molar refractivity (Wildman–Crippen MR) is 83.2 cm³/mol. The fourth-order valence-corrected chi connectivity index (χ4v) is 3.07. The number of hydrogen-bond donors (Lipinski definition) is 2. The van der Waals surface area contributed by atoms with Crippen molar-refractivity contribution in [1.29, 1.82) is 0 Å². The Bertz CT molecular complexity index is 387. The largest absolute Gasteiger partial charge is 0.481 e. The summed E-state index contributed by atoms with van der Waals surface area (Å²) in [6, 6.07) is -0.129. The molecular weight excluding hydrogens is 268 g/mol. The van der Waals surface area contributed by atoms with Crippen LogP contribution >= 0.6 is 0 Å². The number of amides is 2. The van der Waals surface area contributed by atoms with E-state index in [-0.39, 0.29) is 17.9 Å². The summed E-state index contributed by atoms with van der Waals surface area (Å²) in [7, 11) is 0. The molecule has 1 saturated carbocycles. The first-order chi connectivity index (χ1) is 9.88. The average molecular weight is 296 g/mol. The van der Waals surface area contributed by atoms with Gasteiger partial charge in [-0.1, -0.05) is 31.4 Å². The molecule has 0 saturated heterocycles. The predicted octanol–water partition coefficient (Wildman–Crippen LogP) is 3.02. The molecule has 2 N–H and O–H groups in total. The Labute approximate surface area is 127 Å². The van der Waals surface area contributed by atoms with E-state index in [1.807, 2.05) is 13.8 Å². The van der Waals surface area contributed by atoms with Crippen LogP contribution in [0, 0.1) is 5.41 Å². The number of carboxylic acids is 1. The van der Waals surface area contributed by atoms with Crippen LogP contribution in [0.2, 0.25) is 0 Å². The molecule has 0 unspecified atom stereocenters. The van der Waals surface area contributed by atoms with Gasteiger partial charge in [-0.05, 0) is 32.1 Å². The fraction of sp³-hybridized carbons (Fsp3) is 0.750. The van der Waals surface area contributed by atoms with Crippen LogP contribution in [-0.4, -0.2) is 41.6 Å². The first-order valence-corrected chi connectivity index (χ1v) is 7.77. The van der Waals surface area contributed by atoms with Gasteiger partial charge in [0.25, 0.3) is 0 Å². The van der Waals surface area contributed by atoms with Crippen molar-refractivity contribution in [3.8, 4) is 0 Å². The highest BCUT2D eigenvalue weighted by molar-refractivity contribution is 5.74. The van der Waals surface area contributed by atoms with E-state index in [0.717, 1.165) is 37.7 Å². The van der Waals surface area contributed by atoms with Crippen LogP contribution in [0.3, 0.4) is 0 Å². The number of rotatable bonds is 7. The van der Waals surface area contributed by atoms with E-state index in [9.17, 15) is 9.59 Å². The van der Waals surface area contributed by atoms with Crippen LogP contribution in [0.4, 0.5) is 4.79 Å². The maximum Gasteiger partial charge on any atom is 0.317 e. The molecule has 0 atom stereocenters. The van der Waals surface area contributed by atoms with Crippen LogP contribution in [0.5, 0.6) is 0 Å². The normalized spacial score (nSPS) is 17.0. The zero-order valence-electron chi connectivity index (χ0n) is 13.3. The monoisotopic (exact) mass is 296 g/mol. The lowest BCUT2D eigenvalue weighted by molar-refractivity contribution is -0.140. The Balaban J connectivity index is 2.61. The summed E-state index contributed by atoms with van der Waals surface area (Å²) < 4.78 is 0. The molecule has 0 aliphatic heterocycles. The van der Waals surface area contributed by atoms with Gasteiger partial charge in [-0.15, -0.1) is 0 Å². The van der Waals surface area contributed by atoms with Crippen molar-refractivity contribution in [1.82, 2.24) is 10.2 Å². The number of likely N-dealkylation sites (N-methyl/N-ethyl adjacent to an activating group) is 1. The summed E-state index contributed by atoms with van der Waals surface area (Å²) in [5, 5.41) is 12.1. The number of nitrogens with zero attached hydrogens (tertiary/aromatic N) is 1. The van der Waals surface area contributed by atoms with Crippen LogP contribution in [0.1, 0.15) is 52.4 Å². The van der Waals surface area contributed by atoms with Gasteiger partial charge in [0.1, 0.15) is 0 Å². The Hall–Kier alpha value is -1.52. The molecule has 1 aliphatic rings. The minimum absolute atomic E-state index is 0.129. The zero-order chi connectivity index (χ0) is 15.9. The lowest BCUT2D eigenvalue weighted by Gasteiger charge is -2.36. The molecule has 21 heavy (non-hydrogen) atoms. The van der Waals surface area contributed by atoms with E-state index in [4.69, 9.17) is 5.11 Å². The van der Waals surface area contributed by atoms with Crippen molar-refractivity contribution in [2.45, 2.75) is 52.4 Å². The molecule has 120 valence electrons. The third-order valence-corrected chi connectivity index (χ3v) is 4.18. The lowest BCUT2D eigenvalue weighted by atomic mass is 9.72. The first kappa shape index (κ1) is 17.5. The van der Waals surface area contributed by atoms with Gasteiger partial charge in [0.2, 0.25) is 0 Å². The van der Waals surface area contributed by atoms with Crippen LogP contribution in [0.15, 0.2) is 12.2 Å². The third-order valence-electron chi connectivity index (χ3n) is 4.18. The summed E-state index contributed by atoms with van der Waals surface area (Å²) in [6.45, 7) is 9.25. The van der Waals surface area contributed by atoms with Crippen molar-refractivity contribution in [3.63, 3.8) is 0 Å². The Morgan fingerprint density at radius 3 is 2.38 bits per heavy atom. The molecule has 5 heteroatoms. The molecule has 0 aromatic rings. The number of hydrogen-bond acceptors (Lipinski definition) is 2. The second-order valence-electron chi connectivity index (χ2n) is 6.26. The minimum atomic E-state index is -0.777. The van der Waals surface area contributed by atoms with Crippen molar-refractivity contribution < 1.29 is 14.7 Å². The molecule has 0 spiro atoms. The summed E-state index contributed by atoms with van der Waals surface area (Å²) in [5.41, 5.74) is 0.660. The van der Waals surface area contributed by atoms with Crippen molar-refractivity contribution in [3.05, 3.63) is 12.2 Å². The minimum Gasteiger partial charge on any atom is -0.481 e. The molecule has 5 nitrogen and oxygen atoms in total. The van der Waals surface area contributed by atoms with Crippen LogP contribution in [-0.2, 0) is 4.79 Å². The van der Waals surface area contributed by atoms with E-state index < -0.39 is 5.97 Å². The number of aliphatic carboxylic acids is 1. The maximum atomic E-state index is 12.2. The summed E-state index contributed by atoms with van der Waals surface area (Å²) in [5.74, 6) is -0.777. The Kier molecular flexibility index (Phi) is 6.72. The maximum absolute atomic E-state index is 12.2. The molecule has 2 amide bonds. The topological polar surface area (TPSA) is 69.6 Å². The van der Waals surface area contributed by atoms with Crippen molar-refractivity contribution in [2.24, 2.45) is 5.41 Å². The second kappa shape index (κ2) is 8.05. The molecule has 1 fully saturated rings. The number of urea groups is 1. The van der Waals surface area contributed by atoms with Gasteiger partial charge in [0.15, 0.2) is 0 Å². The lowest BCUT2D eigenvalue weighted by Crippen LogP contribution is -2.46. The van der Waals surface area contributed by atoms with Gasteiger partial charge in [-0.3, -0.25) is 4.79 Å². The Morgan fingerprint density at radius 1 is 1.29 bits per heavy atom. The summed E-state index contributed by atoms with van der Waals surface area (Å²) >= 11 is 0. The highest BCUT2D eigenvalue weighted by atomic mass is 16.4. The second-order valence-corrected chi connectivity index (χ2v) is 6.26. The van der Waals surface area contributed by atoms with E-state index >= 15 is 0 Å². The number of carboxylic acid groups (broad SMARTS) is 1. The van der Waals surface area contributed by atoms with Gasteiger partial charge >= 0.3 is 12.0 Å². The zero-order valence-corrected chi connectivity index (χ0v) is 13.3. The van der Waals surface area contributed by atoms with E-state index in [1.165, 1.54) is 0 Å². The Morgan fingerprint density at radius 2 is 1.90 bits per heavy atom. The molecule has 0 bridgehead atoms. The van der Waals surface area contributed by atoms with Gasteiger partial charge in [0, 0.05) is 19.6 Å². The van der Waals surface area contributed by atoms with E-state index in [2.05, 4.69) is 11.9 Å². The van der Waals surface area contributed by atoms with E-state index in [1.54, 1.807) is 4.90 Å². The van der Waals surface area contributed by atoms with Gasteiger partial charge < -0.3 is 15.3 Å². The molecular formula is C16H28N2O3. The van der Waals surface area contributed by atoms with Crippen molar-refractivity contribution in [2.75, 3.05) is 19.6 Å². The quantitative estimate of drug-likeness (QED) is 0.709. The molecule has 0 aromatic heterocycles. The number of nitrogens with one attached hydrogen (secondary N) is 1. The van der Waals surface area contributed by atoms with Crippen LogP contribution < -0.4 is 5.32 Å². The van der Waals surface area contributed by atoms with Gasteiger partial charge in [0.05, 0.1) is 6.42 Å². The fourth-order valence-electron chi connectivity index (χ4n) is 3.07. The average Bonchev–Trinajstić information content (AvgIpc) is 2.42. The van der Waals surface area contributed by atoms with Crippen molar-refractivity contribution >= 4 is 12.0 Å². The van der Waals surface area contributed by atoms with Crippen LogP contribution in [0.25, 0.3) is 0 Å². The highest BCUT2D eigenvalue weighted by Crippen LogP contribution is 2.38.